The second-order valence-electron chi connectivity index (χ2n) is 8.06. The molecule has 2 aliphatic rings. The number of urea groups is 1. The molecule has 0 radical (unpaired) electrons. The third-order valence-electron chi connectivity index (χ3n) is 5.69. The number of ether oxygens (including phenoxy) is 1. The number of carbonyl (C=O) groups excluding carboxylic acids is 4. The largest absolute Gasteiger partial charge is 0.484 e. The maximum atomic E-state index is 13.0. The Morgan fingerprint density at radius 2 is 1.70 bits per heavy atom. The summed E-state index contributed by atoms with van der Waals surface area (Å²) in [5.41, 5.74) is 1.22. The molecule has 5 amide bonds. The van der Waals surface area contributed by atoms with Crippen molar-refractivity contribution in [2.75, 3.05) is 11.9 Å². The molecule has 2 aromatic carbocycles. The molecular formula is C25H25N3O5. The number of carbonyl (C=O) groups is 4. The Balaban J connectivity index is 1.39. The van der Waals surface area contributed by atoms with E-state index in [-0.39, 0.29) is 24.1 Å². The molecule has 4 rings (SSSR count). The first-order chi connectivity index (χ1) is 16.0. The van der Waals surface area contributed by atoms with Crippen LogP contribution in [0, 0.1) is 0 Å². The molecule has 0 atom stereocenters. The Kier molecular flexibility index (Phi) is 6.83. The molecule has 0 unspecified atom stereocenters. The van der Waals surface area contributed by atoms with E-state index in [1.54, 1.807) is 36.4 Å². The third-order valence-corrected chi connectivity index (χ3v) is 5.69. The molecule has 170 valence electrons. The number of nitrogens with zero attached hydrogens (tertiary/aromatic N) is 1. The minimum atomic E-state index is -0.699. The van der Waals surface area contributed by atoms with Gasteiger partial charge in [-0.2, -0.15) is 0 Å². The molecule has 1 saturated carbocycles. The number of barbiturate groups is 1. The van der Waals surface area contributed by atoms with Gasteiger partial charge in [0, 0.05) is 11.7 Å². The van der Waals surface area contributed by atoms with E-state index in [9.17, 15) is 19.2 Å². The van der Waals surface area contributed by atoms with Crippen molar-refractivity contribution < 1.29 is 23.9 Å². The topological polar surface area (TPSA) is 105 Å². The summed E-state index contributed by atoms with van der Waals surface area (Å²) in [7, 11) is 0. The Morgan fingerprint density at radius 1 is 1.00 bits per heavy atom. The van der Waals surface area contributed by atoms with Gasteiger partial charge >= 0.3 is 6.03 Å². The number of hydrogen-bond acceptors (Lipinski definition) is 5. The summed E-state index contributed by atoms with van der Waals surface area (Å²) in [6.45, 7) is -0.158. The van der Waals surface area contributed by atoms with Crippen molar-refractivity contribution in [2.45, 2.75) is 38.1 Å². The molecule has 2 N–H and O–H groups in total. The Labute approximate surface area is 191 Å². The van der Waals surface area contributed by atoms with Crippen LogP contribution in [-0.4, -0.2) is 41.3 Å². The van der Waals surface area contributed by atoms with Gasteiger partial charge in [-0.05, 0) is 48.7 Å². The van der Waals surface area contributed by atoms with Crippen molar-refractivity contribution in [3.05, 3.63) is 65.7 Å². The molecule has 2 fully saturated rings. The molecule has 1 heterocycles. The molecule has 8 heteroatoms. The van der Waals surface area contributed by atoms with E-state index in [1.807, 2.05) is 18.2 Å². The van der Waals surface area contributed by atoms with Gasteiger partial charge in [0.2, 0.25) is 0 Å². The van der Waals surface area contributed by atoms with Crippen LogP contribution >= 0.6 is 0 Å². The number of hydrogen-bond donors (Lipinski definition) is 2. The van der Waals surface area contributed by atoms with Crippen LogP contribution in [0.4, 0.5) is 10.5 Å². The minimum Gasteiger partial charge on any atom is -0.484 e. The molecular weight excluding hydrogens is 422 g/mol. The zero-order valence-electron chi connectivity index (χ0n) is 18.1. The molecule has 0 aromatic heterocycles. The second-order valence-corrected chi connectivity index (χ2v) is 8.06. The third kappa shape index (κ3) is 5.46. The van der Waals surface area contributed by atoms with Gasteiger partial charge in [0.1, 0.15) is 11.3 Å². The maximum Gasteiger partial charge on any atom is 0.331 e. The fourth-order valence-corrected chi connectivity index (χ4v) is 4.04. The van der Waals surface area contributed by atoms with E-state index in [4.69, 9.17) is 4.74 Å². The number of nitrogens with one attached hydrogen (secondary N) is 2. The highest BCUT2D eigenvalue weighted by molar-refractivity contribution is 6.31. The normalized spacial score (nSPS) is 18.2. The van der Waals surface area contributed by atoms with E-state index >= 15 is 0 Å². The maximum absolute atomic E-state index is 13.0. The summed E-state index contributed by atoms with van der Waals surface area (Å²) in [4.78, 5) is 50.8. The van der Waals surface area contributed by atoms with Gasteiger partial charge in [-0.15, -0.1) is 0 Å². The van der Waals surface area contributed by atoms with Gasteiger partial charge in [0.25, 0.3) is 17.7 Å². The van der Waals surface area contributed by atoms with Crippen molar-refractivity contribution in [3.63, 3.8) is 0 Å². The van der Waals surface area contributed by atoms with Crippen LogP contribution in [0.15, 0.2) is 60.2 Å². The lowest BCUT2D eigenvalue weighted by molar-refractivity contribution is -0.132. The van der Waals surface area contributed by atoms with E-state index in [2.05, 4.69) is 10.6 Å². The lowest BCUT2D eigenvalue weighted by atomic mass is 9.93. The fraction of sp³-hybridized carbons (Fsp3) is 0.280. The molecule has 0 bridgehead atoms. The predicted octanol–water partition coefficient (Wildman–Crippen LogP) is 3.50. The fourth-order valence-electron chi connectivity index (χ4n) is 4.04. The Hall–Kier alpha value is -3.94. The number of rotatable bonds is 6. The summed E-state index contributed by atoms with van der Waals surface area (Å²) in [5.74, 6) is -1.08. The van der Waals surface area contributed by atoms with E-state index in [1.165, 1.54) is 11.0 Å². The zero-order valence-corrected chi connectivity index (χ0v) is 18.1. The first-order valence-corrected chi connectivity index (χ1v) is 11.0. The Morgan fingerprint density at radius 3 is 2.39 bits per heavy atom. The van der Waals surface area contributed by atoms with Crippen LogP contribution < -0.4 is 15.4 Å². The molecule has 33 heavy (non-hydrogen) atoms. The summed E-state index contributed by atoms with van der Waals surface area (Å²) in [6, 6.07) is 14.9. The molecule has 1 aliphatic heterocycles. The van der Waals surface area contributed by atoms with Gasteiger partial charge in [0.15, 0.2) is 6.61 Å². The number of para-hydroxylation sites is 1. The van der Waals surface area contributed by atoms with Crippen LogP contribution in [0.2, 0.25) is 0 Å². The van der Waals surface area contributed by atoms with Gasteiger partial charge in [0.05, 0.1) is 0 Å². The lowest BCUT2D eigenvalue weighted by Gasteiger charge is -2.35. The SMILES string of the molecule is O=C(COc1ccc(C=C2C(=O)NC(=O)N(C3CCCCC3)C2=O)cc1)Nc1ccccc1. The van der Waals surface area contributed by atoms with Crippen LogP contribution in [0.25, 0.3) is 6.08 Å². The lowest BCUT2D eigenvalue weighted by Crippen LogP contribution is -2.58. The summed E-state index contributed by atoms with van der Waals surface area (Å²) in [5, 5.41) is 5.02. The summed E-state index contributed by atoms with van der Waals surface area (Å²) < 4.78 is 5.51. The van der Waals surface area contributed by atoms with Crippen molar-refractivity contribution in [1.29, 1.82) is 0 Å². The van der Waals surface area contributed by atoms with E-state index in [0.29, 0.717) is 17.0 Å². The molecule has 1 aliphatic carbocycles. The molecule has 0 spiro atoms. The standard InChI is InChI=1S/C25H25N3O5/c29-22(26-18-7-3-1-4-8-18)16-33-20-13-11-17(12-14-20)15-21-23(30)27-25(32)28(24(21)31)19-9-5-2-6-10-19/h1,3-4,7-8,11-15,19H,2,5-6,9-10,16H2,(H,26,29)(H,27,30,32). The van der Waals surface area contributed by atoms with Crippen molar-refractivity contribution in [2.24, 2.45) is 0 Å². The van der Waals surface area contributed by atoms with Crippen LogP contribution in [0.5, 0.6) is 5.75 Å². The number of amides is 5. The predicted molar refractivity (Wildman–Crippen MR) is 122 cm³/mol. The zero-order chi connectivity index (χ0) is 23.2. The van der Waals surface area contributed by atoms with E-state index in [0.717, 1.165) is 32.1 Å². The summed E-state index contributed by atoms with van der Waals surface area (Å²) >= 11 is 0. The number of benzene rings is 2. The van der Waals surface area contributed by atoms with Gasteiger partial charge < -0.3 is 10.1 Å². The first kappa shape index (κ1) is 22.3. The molecule has 8 nitrogen and oxygen atoms in total. The van der Waals surface area contributed by atoms with Crippen molar-refractivity contribution >= 4 is 35.5 Å². The highest BCUT2D eigenvalue weighted by Gasteiger charge is 2.40. The first-order valence-electron chi connectivity index (χ1n) is 11.0. The van der Waals surface area contributed by atoms with Crippen LogP contribution in [0.1, 0.15) is 37.7 Å². The summed E-state index contributed by atoms with van der Waals surface area (Å²) in [6.07, 6.45) is 5.98. The average molecular weight is 447 g/mol. The van der Waals surface area contributed by atoms with Gasteiger partial charge in [-0.25, -0.2) is 4.79 Å². The monoisotopic (exact) mass is 447 g/mol. The smallest absolute Gasteiger partial charge is 0.331 e. The highest BCUT2D eigenvalue weighted by atomic mass is 16.5. The van der Waals surface area contributed by atoms with Crippen LogP contribution in [-0.2, 0) is 14.4 Å². The van der Waals surface area contributed by atoms with E-state index < -0.39 is 17.8 Å². The van der Waals surface area contributed by atoms with Crippen LogP contribution in [0.3, 0.4) is 0 Å². The second kappa shape index (κ2) is 10.1. The Bertz CT molecular complexity index is 1070. The average Bonchev–Trinajstić information content (AvgIpc) is 2.82. The molecule has 2 aromatic rings. The molecule has 1 saturated heterocycles. The highest BCUT2D eigenvalue weighted by Crippen LogP contribution is 2.26. The number of anilines is 1. The van der Waals surface area contributed by atoms with Crippen molar-refractivity contribution in [1.82, 2.24) is 10.2 Å². The minimum absolute atomic E-state index is 0.0731. The van der Waals surface area contributed by atoms with Gasteiger partial charge in [-0.3, -0.25) is 24.6 Å². The van der Waals surface area contributed by atoms with Gasteiger partial charge in [-0.1, -0.05) is 49.6 Å². The quantitative estimate of drug-likeness (QED) is 0.521. The number of imide groups is 2. The van der Waals surface area contributed by atoms with Crippen molar-refractivity contribution in [3.8, 4) is 5.75 Å².